The Bertz CT molecular complexity index is 600. The first-order chi connectivity index (χ1) is 9.26. The van der Waals surface area contributed by atoms with Gasteiger partial charge in [0.25, 0.3) is 0 Å². The lowest BCUT2D eigenvalue weighted by Crippen LogP contribution is -2.05. The van der Waals surface area contributed by atoms with E-state index in [0.29, 0.717) is 6.54 Å². The van der Waals surface area contributed by atoms with Crippen molar-refractivity contribution in [2.45, 2.75) is 33.2 Å². The molecule has 0 aromatic carbocycles. The van der Waals surface area contributed by atoms with Crippen molar-refractivity contribution in [3.63, 3.8) is 0 Å². The number of aryl methyl sites for hydroxylation is 2. The van der Waals surface area contributed by atoms with Gasteiger partial charge in [-0.25, -0.2) is 9.67 Å². The van der Waals surface area contributed by atoms with E-state index in [-0.39, 0.29) is 0 Å². The summed E-state index contributed by atoms with van der Waals surface area (Å²) in [6.45, 7) is 5.34. The smallest absolute Gasteiger partial charge is 0.150 e. The number of nitrogens with zero attached hydrogens (tertiary/aromatic N) is 3. The fourth-order valence-electron chi connectivity index (χ4n) is 1.79. The predicted molar refractivity (Wildman–Crippen MR) is 78.1 cm³/mol. The van der Waals surface area contributed by atoms with Gasteiger partial charge in [0.2, 0.25) is 0 Å². The van der Waals surface area contributed by atoms with Crippen molar-refractivity contribution in [3.05, 3.63) is 33.5 Å². The average Bonchev–Trinajstić information content (AvgIpc) is 3.03. The van der Waals surface area contributed by atoms with Gasteiger partial charge in [0.1, 0.15) is 5.82 Å². The molecule has 5 heteroatoms. The van der Waals surface area contributed by atoms with E-state index in [0.717, 1.165) is 36.6 Å². The van der Waals surface area contributed by atoms with Crippen LogP contribution in [0.4, 0.5) is 0 Å². The second kappa shape index (κ2) is 6.50. The fraction of sp³-hybridized carbons (Fsp3) is 0.429. The van der Waals surface area contributed by atoms with Gasteiger partial charge in [-0.2, -0.15) is 5.10 Å². The van der Waals surface area contributed by atoms with Crippen LogP contribution in [0.5, 0.6) is 0 Å². The van der Waals surface area contributed by atoms with Crippen LogP contribution in [0.15, 0.2) is 11.4 Å². The predicted octanol–water partition coefficient (Wildman–Crippen LogP) is 1.82. The zero-order chi connectivity index (χ0) is 13.7. The van der Waals surface area contributed by atoms with Crippen molar-refractivity contribution in [2.75, 3.05) is 6.54 Å². The number of hydrogen-bond acceptors (Lipinski definition) is 4. The zero-order valence-electron chi connectivity index (χ0n) is 11.3. The molecule has 0 bridgehead atoms. The molecule has 0 saturated carbocycles. The van der Waals surface area contributed by atoms with Gasteiger partial charge in [-0.05, 0) is 6.07 Å². The van der Waals surface area contributed by atoms with Gasteiger partial charge >= 0.3 is 0 Å². The van der Waals surface area contributed by atoms with Crippen LogP contribution in [-0.2, 0) is 19.4 Å². The number of hydrogen-bond donors (Lipinski definition) is 1. The van der Waals surface area contributed by atoms with Crippen LogP contribution in [0, 0.1) is 11.8 Å². The summed E-state index contributed by atoms with van der Waals surface area (Å²) < 4.78 is 1.99. The molecular formula is C14H18N4S. The Kier molecular flexibility index (Phi) is 4.72. The van der Waals surface area contributed by atoms with Gasteiger partial charge in [0, 0.05) is 28.7 Å². The Balaban J connectivity index is 2.16. The minimum absolute atomic E-state index is 0.397. The molecule has 2 aromatic heterocycles. The van der Waals surface area contributed by atoms with Crippen molar-refractivity contribution in [1.29, 1.82) is 0 Å². The van der Waals surface area contributed by atoms with Gasteiger partial charge in [-0.3, -0.25) is 0 Å². The number of rotatable bonds is 4. The quantitative estimate of drug-likeness (QED) is 0.865. The first-order valence-corrected chi connectivity index (χ1v) is 7.33. The van der Waals surface area contributed by atoms with Crippen LogP contribution >= 0.6 is 11.3 Å². The van der Waals surface area contributed by atoms with Crippen LogP contribution in [0.1, 0.15) is 35.9 Å². The maximum atomic E-state index is 5.37. The molecule has 0 fully saturated rings. The van der Waals surface area contributed by atoms with E-state index in [4.69, 9.17) is 5.73 Å². The summed E-state index contributed by atoms with van der Waals surface area (Å²) >= 11 is 1.70. The maximum Gasteiger partial charge on any atom is 0.150 e. The molecule has 4 nitrogen and oxygen atoms in total. The monoisotopic (exact) mass is 274 g/mol. The van der Waals surface area contributed by atoms with E-state index in [1.54, 1.807) is 11.3 Å². The van der Waals surface area contributed by atoms with E-state index in [1.807, 2.05) is 4.68 Å². The first kappa shape index (κ1) is 13.8. The largest absolute Gasteiger partial charge is 0.320 e. The molecule has 0 radical (unpaired) electrons. The molecule has 2 N–H and O–H groups in total. The third kappa shape index (κ3) is 3.43. The molecule has 0 unspecified atom stereocenters. The molecule has 19 heavy (non-hydrogen) atoms. The van der Waals surface area contributed by atoms with Crippen molar-refractivity contribution in [2.24, 2.45) is 5.73 Å². The Morgan fingerprint density at radius 3 is 2.89 bits per heavy atom. The Hall–Kier alpha value is -1.64. The topological polar surface area (TPSA) is 56.7 Å². The molecule has 2 rings (SSSR count). The van der Waals surface area contributed by atoms with E-state index >= 15 is 0 Å². The van der Waals surface area contributed by atoms with E-state index in [2.05, 4.69) is 47.2 Å². The highest BCUT2D eigenvalue weighted by atomic mass is 32.1. The highest BCUT2D eigenvalue weighted by molar-refractivity contribution is 7.10. The molecule has 0 amide bonds. The molecule has 0 aliphatic rings. The van der Waals surface area contributed by atoms with Gasteiger partial charge in [0.05, 0.1) is 13.1 Å². The van der Waals surface area contributed by atoms with Crippen LogP contribution in [0.2, 0.25) is 0 Å². The minimum atomic E-state index is 0.397. The van der Waals surface area contributed by atoms with Crippen molar-refractivity contribution < 1.29 is 0 Å². The standard InChI is InChI=1S/C14H18N4S/c1-3-13-16-14(4-2)18(17-13)9-12-8-11(10-19-12)6-5-7-15/h8,10H,3-4,7,9,15H2,1-2H3. The van der Waals surface area contributed by atoms with Crippen molar-refractivity contribution in [1.82, 2.24) is 14.8 Å². The summed E-state index contributed by atoms with van der Waals surface area (Å²) in [5.41, 5.74) is 6.40. The lowest BCUT2D eigenvalue weighted by atomic mass is 10.3. The second-order valence-corrected chi connectivity index (χ2v) is 5.11. The van der Waals surface area contributed by atoms with E-state index in [9.17, 15) is 0 Å². The van der Waals surface area contributed by atoms with Crippen LogP contribution in [0.25, 0.3) is 0 Å². The second-order valence-electron chi connectivity index (χ2n) is 4.12. The number of thiophene rings is 1. The summed E-state index contributed by atoms with van der Waals surface area (Å²) in [5, 5.41) is 6.58. The lowest BCUT2D eigenvalue weighted by molar-refractivity contribution is 0.643. The summed E-state index contributed by atoms with van der Waals surface area (Å²) in [4.78, 5) is 5.75. The molecule has 0 saturated heterocycles. The average molecular weight is 274 g/mol. The Morgan fingerprint density at radius 1 is 1.37 bits per heavy atom. The van der Waals surface area contributed by atoms with Crippen LogP contribution in [-0.4, -0.2) is 21.3 Å². The Morgan fingerprint density at radius 2 is 2.21 bits per heavy atom. The lowest BCUT2D eigenvalue weighted by Gasteiger charge is -2.01. The van der Waals surface area contributed by atoms with Crippen molar-refractivity contribution in [3.8, 4) is 11.8 Å². The molecule has 0 spiro atoms. The summed E-state index contributed by atoms with van der Waals surface area (Å²) in [5.74, 6) is 7.87. The fourth-order valence-corrected chi connectivity index (χ4v) is 2.59. The molecular weight excluding hydrogens is 256 g/mol. The number of aromatic nitrogens is 3. The van der Waals surface area contributed by atoms with Crippen LogP contribution < -0.4 is 5.73 Å². The normalized spacial score (nSPS) is 10.3. The Labute approximate surface area is 117 Å². The molecule has 0 aliphatic carbocycles. The van der Waals surface area contributed by atoms with Gasteiger partial charge in [-0.1, -0.05) is 25.7 Å². The maximum absolute atomic E-state index is 5.37. The third-order valence-electron chi connectivity index (χ3n) is 2.72. The third-order valence-corrected chi connectivity index (χ3v) is 3.64. The van der Waals surface area contributed by atoms with Crippen LogP contribution in [0.3, 0.4) is 0 Å². The van der Waals surface area contributed by atoms with Gasteiger partial charge in [0.15, 0.2) is 5.82 Å². The highest BCUT2D eigenvalue weighted by Crippen LogP contribution is 2.16. The summed E-state index contributed by atoms with van der Waals surface area (Å²) in [7, 11) is 0. The SMILES string of the molecule is CCc1nc(CC)n(Cc2cc(C#CCN)cs2)n1. The minimum Gasteiger partial charge on any atom is -0.320 e. The number of nitrogens with two attached hydrogens (primary N) is 1. The van der Waals surface area contributed by atoms with Gasteiger partial charge < -0.3 is 5.73 Å². The summed E-state index contributed by atoms with van der Waals surface area (Å²) in [6, 6.07) is 2.10. The molecule has 2 aromatic rings. The molecule has 2 heterocycles. The highest BCUT2D eigenvalue weighted by Gasteiger charge is 2.08. The first-order valence-electron chi connectivity index (χ1n) is 6.45. The van der Waals surface area contributed by atoms with Gasteiger partial charge in [-0.15, -0.1) is 11.3 Å². The zero-order valence-corrected chi connectivity index (χ0v) is 12.1. The molecule has 0 atom stereocenters. The molecule has 0 aliphatic heterocycles. The molecule has 100 valence electrons. The summed E-state index contributed by atoms with van der Waals surface area (Å²) in [6.07, 6.45) is 1.77. The van der Waals surface area contributed by atoms with Crippen molar-refractivity contribution >= 4 is 11.3 Å². The van der Waals surface area contributed by atoms with E-state index < -0.39 is 0 Å². The van der Waals surface area contributed by atoms with E-state index in [1.165, 1.54) is 4.88 Å².